The number of hydrogen-bond acceptors (Lipinski definition) is 2. The third kappa shape index (κ3) is 2.14. The largest absolute Gasteiger partial charge is 0.393 e. The summed E-state index contributed by atoms with van der Waals surface area (Å²) in [6.45, 7) is 4.63. The van der Waals surface area contributed by atoms with E-state index >= 15 is 0 Å². The molecule has 0 spiro atoms. The SMILES string of the molecule is CCCC1CC(O)CC2CC(O)CCC12C. The molecule has 2 heteroatoms. The Morgan fingerprint density at radius 2 is 1.81 bits per heavy atom. The molecule has 0 aromatic carbocycles. The third-order valence-electron chi connectivity index (χ3n) is 5.19. The van der Waals surface area contributed by atoms with Gasteiger partial charge in [0.1, 0.15) is 0 Å². The van der Waals surface area contributed by atoms with Gasteiger partial charge in [-0.15, -0.1) is 0 Å². The predicted molar refractivity (Wildman–Crippen MR) is 65.1 cm³/mol. The van der Waals surface area contributed by atoms with Gasteiger partial charge in [0, 0.05) is 0 Å². The molecule has 0 aliphatic heterocycles. The molecule has 0 bridgehead atoms. The summed E-state index contributed by atoms with van der Waals surface area (Å²) in [6, 6.07) is 0. The summed E-state index contributed by atoms with van der Waals surface area (Å²) in [5.74, 6) is 1.20. The van der Waals surface area contributed by atoms with E-state index in [2.05, 4.69) is 13.8 Å². The lowest BCUT2D eigenvalue weighted by molar-refractivity contribution is -0.0874. The highest BCUT2D eigenvalue weighted by atomic mass is 16.3. The summed E-state index contributed by atoms with van der Waals surface area (Å²) >= 11 is 0. The van der Waals surface area contributed by atoms with Crippen LogP contribution in [0.5, 0.6) is 0 Å². The lowest BCUT2D eigenvalue weighted by Gasteiger charge is -2.53. The molecule has 2 aliphatic carbocycles. The van der Waals surface area contributed by atoms with Gasteiger partial charge in [-0.05, 0) is 49.4 Å². The van der Waals surface area contributed by atoms with Crippen molar-refractivity contribution in [2.24, 2.45) is 17.3 Å². The Hall–Kier alpha value is -0.0800. The Balaban J connectivity index is 2.14. The van der Waals surface area contributed by atoms with E-state index < -0.39 is 0 Å². The molecule has 0 heterocycles. The summed E-state index contributed by atoms with van der Waals surface area (Å²) in [5, 5.41) is 19.7. The Morgan fingerprint density at radius 1 is 1.12 bits per heavy atom. The van der Waals surface area contributed by atoms with Crippen molar-refractivity contribution in [2.45, 2.75) is 71.0 Å². The third-order valence-corrected chi connectivity index (χ3v) is 5.19. The van der Waals surface area contributed by atoms with E-state index in [0.29, 0.717) is 17.3 Å². The molecule has 2 nitrogen and oxygen atoms in total. The van der Waals surface area contributed by atoms with Crippen LogP contribution in [-0.2, 0) is 0 Å². The topological polar surface area (TPSA) is 40.5 Å². The minimum absolute atomic E-state index is 0.120. The van der Waals surface area contributed by atoms with Gasteiger partial charge < -0.3 is 10.2 Å². The molecule has 2 fully saturated rings. The van der Waals surface area contributed by atoms with Crippen LogP contribution in [0.1, 0.15) is 58.8 Å². The van der Waals surface area contributed by atoms with Crippen LogP contribution in [0, 0.1) is 17.3 Å². The van der Waals surface area contributed by atoms with Gasteiger partial charge in [0.05, 0.1) is 12.2 Å². The van der Waals surface area contributed by atoms with E-state index in [1.54, 1.807) is 0 Å². The first-order valence-electron chi connectivity index (χ1n) is 6.92. The Kier molecular flexibility index (Phi) is 3.60. The molecule has 0 amide bonds. The summed E-state index contributed by atoms with van der Waals surface area (Å²) < 4.78 is 0. The second kappa shape index (κ2) is 4.66. The van der Waals surface area contributed by atoms with E-state index in [-0.39, 0.29) is 12.2 Å². The number of rotatable bonds is 2. The van der Waals surface area contributed by atoms with Gasteiger partial charge in [-0.25, -0.2) is 0 Å². The highest BCUT2D eigenvalue weighted by Gasteiger charge is 2.48. The molecule has 5 unspecified atom stereocenters. The highest BCUT2D eigenvalue weighted by molar-refractivity contribution is 4.98. The predicted octanol–water partition coefficient (Wildman–Crippen LogP) is 2.72. The maximum atomic E-state index is 9.96. The van der Waals surface area contributed by atoms with Gasteiger partial charge in [-0.2, -0.15) is 0 Å². The zero-order valence-corrected chi connectivity index (χ0v) is 10.7. The van der Waals surface area contributed by atoms with Gasteiger partial charge >= 0.3 is 0 Å². The van der Waals surface area contributed by atoms with Crippen LogP contribution >= 0.6 is 0 Å². The van der Waals surface area contributed by atoms with Gasteiger partial charge in [-0.3, -0.25) is 0 Å². The number of aliphatic hydroxyl groups excluding tert-OH is 2. The molecular formula is C14H26O2. The summed E-state index contributed by atoms with van der Waals surface area (Å²) in [6.07, 6.45) is 7.12. The first-order valence-corrected chi connectivity index (χ1v) is 6.92. The van der Waals surface area contributed by atoms with Gasteiger partial charge in [0.25, 0.3) is 0 Å². The molecule has 94 valence electrons. The fourth-order valence-corrected chi connectivity index (χ4v) is 4.12. The quantitative estimate of drug-likeness (QED) is 0.760. The highest BCUT2D eigenvalue weighted by Crippen LogP contribution is 2.54. The van der Waals surface area contributed by atoms with Crippen LogP contribution in [-0.4, -0.2) is 22.4 Å². The van der Waals surface area contributed by atoms with Crippen LogP contribution in [0.4, 0.5) is 0 Å². The first kappa shape index (κ1) is 12.4. The van der Waals surface area contributed by atoms with Crippen LogP contribution in [0.2, 0.25) is 0 Å². The molecule has 0 aromatic rings. The van der Waals surface area contributed by atoms with Gasteiger partial charge in [0.2, 0.25) is 0 Å². The van der Waals surface area contributed by atoms with Crippen LogP contribution in [0.25, 0.3) is 0 Å². The lowest BCUT2D eigenvalue weighted by atomic mass is 9.54. The van der Waals surface area contributed by atoms with Crippen molar-refractivity contribution in [1.82, 2.24) is 0 Å². The second-order valence-electron chi connectivity index (χ2n) is 6.24. The van der Waals surface area contributed by atoms with Crippen molar-refractivity contribution in [3.63, 3.8) is 0 Å². The van der Waals surface area contributed by atoms with Crippen LogP contribution in [0.3, 0.4) is 0 Å². The summed E-state index contributed by atoms with van der Waals surface area (Å²) in [5.41, 5.74) is 0.383. The zero-order chi connectivity index (χ0) is 11.8. The number of hydrogen-bond donors (Lipinski definition) is 2. The normalized spacial score (nSPS) is 48.8. The molecule has 2 saturated carbocycles. The molecule has 2 aliphatic rings. The molecule has 0 saturated heterocycles. The Labute approximate surface area is 99.1 Å². The minimum Gasteiger partial charge on any atom is -0.393 e. The minimum atomic E-state index is -0.125. The fourth-order valence-electron chi connectivity index (χ4n) is 4.12. The average molecular weight is 226 g/mol. The molecule has 16 heavy (non-hydrogen) atoms. The van der Waals surface area contributed by atoms with Crippen LogP contribution < -0.4 is 0 Å². The number of fused-ring (bicyclic) bond motifs is 1. The van der Waals surface area contributed by atoms with E-state index in [4.69, 9.17) is 0 Å². The summed E-state index contributed by atoms with van der Waals surface area (Å²) in [7, 11) is 0. The van der Waals surface area contributed by atoms with Gasteiger partial charge in [0.15, 0.2) is 0 Å². The van der Waals surface area contributed by atoms with Gasteiger partial charge in [-0.1, -0.05) is 26.7 Å². The monoisotopic (exact) mass is 226 g/mol. The second-order valence-corrected chi connectivity index (χ2v) is 6.24. The molecule has 0 aromatic heterocycles. The number of aliphatic hydroxyl groups is 2. The molecule has 0 radical (unpaired) electrons. The van der Waals surface area contributed by atoms with Crippen LogP contribution in [0.15, 0.2) is 0 Å². The zero-order valence-electron chi connectivity index (χ0n) is 10.7. The van der Waals surface area contributed by atoms with E-state index in [9.17, 15) is 10.2 Å². The van der Waals surface area contributed by atoms with E-state index in [0.717, 1.165) is 32.1 Å². The first-order chi connectivity index (χ1) is 7.56. The van der Waals surface area contributed by atoms with Crippen molar-refractivity contribution in [2.75, 3.05) is 0 Å². The van der Waals surface area contributed by atoms with Crippen molar-refractivity contribution < 1.29 is 10.2 Å². The maximum absolute atomic E-state index is 9.96. The van der Waals surface area contributed by atoms with E-state index in [1.165, 1.54) is 12.8 Å². The van der Waals surface area contributed by atoms with E-state index in [1.807, 2.05) is 0 Å². The Bertz CT molecular complexity index is 228. The fraction of sp³-hybridized carbons (Fsp3) is 1.00. The Morgan fingerprint density at radius 3 is 2.50 bits per heavy atom. The smallest absolute Gasteiger partial charge is 0.0546 e. The van der Waals surface area contributed by atoms with Crippen molar-refractivity contribution >= 4 is 0 Å². The average Bonchev–Trinajstić information content (AvgIpc) is 2.22. The van der Waals surface area contributed by atoms with Crippen molar-refractivity contribution in [1.29, 1.82) is 0 Å². The standard InChI is InChI=1S/C14H26O2/c1-3-4-10-7-13(16)9-11-8-12(15)5-6-14(10,11)2/h10-13,15-16H,3-9H2,1-2H3. The van der Waals surface area contributed by atoms with Crippen molar-refractivity contribution in [3.05, 3.63) is 0 Å². The molecule has 2 N–H and O–H groups in total. The summed E-state index contributed by atoms with van der Waals surface area (Å²) in [4.78, 5) is 0. The molecule has 5 atom stereocenters. The lowest BCUT2D eigenvalue weighted by Crippen LogP contribution is -2.47. The maximum Gasteiger partial charge on any atom is 0.0546 e. The molecule has 2 rings (SSSR count). The molecular weight excluding hydrogens is 200 g/mol. The van der Waals surface area contributed by atoms with Crippen molar-refractivity contribution in [3.8, 4) is 0 Å².